The first kappa shape index (κ1) is 78.8. The Bertz CT molecular complexity index is 3710. The molecule has 6 aliphatic rings. The predicted molar refractivity (Wildman–Crippen MR) is 400 cm³/mol. The molecule has 0 atom stereocenters. The summed E-state index contributed by atoms with van der Waals surface area (Å²) in [5, 5.41) is 0. The van der Waals surface area contributed by atoms with E-state index in [-0.39, 0.29) is 98.4 Å². The summed E-state index contributed by atoms with van der Waals surface area (Å²) in [6, 6.07) is 30.1. The molecule has 0 spiro atoms. The molecule has 5 aromatic rings. The number of carbonyl (C=O) groups is 8. The molecule has 566 valence electrons. The monoisotopic (exact) mass is 1470 g/mol. The molecule has 0 aromatic heterocycles. The minimum Gasteiger partial charge on any atom is -0.462 e. The number of fused-ring (bicyclic) bond motifs is 6. The van der Waals surface area contributed by atoms with Crippen LogP contribution in [0.2, 0.25) is 0 Å². The van der Waals surface area contributed by atoms with Crippen molar-refractivity contribution in [3.63, 3.8) is 0 Å². The van der Waals surface area contributed by atoms with Crippen molar-refractivity contribution < 1.29 is 95.2 Å². The van der Waals surface area contributed by atoms with Crippen molar-refractivity contribution in [2.75, 3.05) is 52.9 Å². The second-order valence-corrected chi connectivity index (χ2v) is 27.9. The lowest BCUT2D eigenvalue weighted by molar-refractivity contribution is -0.142. The molecule has 0 heterocycles. The minimum absolute atomic E-state index is 0.0123. The molecule has 0 N–H and O–H groups in total. The van der Waals surface area contributed by atoms with Crippen LogP contribution in [0.5, 0.6) is 23.0 Å². The molecule has 20 heteroatoms. The lowest BCUT2D eigenvalue weighted by Crippen LogP contribution is -2.29. The Kier molecular flexibility index (Phi) is 28.9. The van der Waals surface area contributed by atoms with Crippen molar-refractivity contribution in [1.29, 1.82) is 0 Å². The van der Waals surface area contributed by atoms with Crippen LogP contribution in [0.25, 0.3) is 22.3 Å². The number of hydrogen-bond donors (Lipinski definition) is 0. The lowest BCUT2D eigenvalue weighted by atomic mass is 9.87. The maximum absolute atomic E-state index is 13.9. The van der Waals surface area contributed by atoms with Crippen LogP contribution in [0.15, 0.2) is 148 Å². The highest BCUT2D eigenvalue weighted by molar-refractivity contribution is 5.87. The fourth-order valence-electron chi connectivity index (χ4n) is 14.8. The molecule has 5 aromatic carbocycles. The maximum atomic E-state index is 13.9. The van der Waals surface area contributed by atoms with Gasteiger partial charge in [0.05, 0.1) is 113 Å². The van der Waals surface area contributed by atoms with Crippen molar-refractivity contribution in [3.05, 3.63) is 181 Å². The number of carbonyl (C=O) groups excluding carboxylic acids is 8. The van der Waals surface area contributed by atoms with E-state index in [0.717, 1.165) is 68.8 Å². The van der Waals surface area contributed by atoms with Crippen molar-refractivity contribution in [2.45, 2.75) is 165 Å². The molecule has 0 saturated heterocycles. The van der Waals surface area contributed by atoms with Crippen LogP contribution >= 0.6 is 0 Å². The zero-order chi connectivity index (χ0) is 75.7. The SMILES string of the molecule is C=CC(=O)OCCCOC1CCC(C(=O)Oc2ccc3c(c2)C(C#Cc2ccc(C#CC4c5cc(OC(=O)C6CCC(OCCCOC(=O)C=C)CC6)ccc5-c5ccc(OC(=O)C6CCC(OCCCOC(=O)C=C)CC6)cc54)cc2)c2cc(OC(=O)C4CCC(OCCCOC(=O)C=C)CC4)ccc2-3)CC1. The molecule has 11 rings (SSSR count). The van der Waals surface area contributed by atoms with Gasteiger partial charge in [0.15, 0.2) is 0 Å². The zero-order valence-electron chi connectivity index (χ0n) is 61.1. The first-order valence-corrected chi connectivity index (χ1v) is 37.8. The van der Waals surface area contributed by atoms with Gasteiger partial charge in [-0.2, -0.15) is 0 Å². The summed E-state index contributed by atoms with van der Waals surface area (Å²) in [5.41, 5.74) is 8.34. The highest BCUT2D eigenvalue weighted by Crippen LogP contribution is 2.49. The summed E-state index contributed by atoms with van der Waals surface area (Å²) < 4.78 is 69.1. The Morgan fingerprint density at radius 1 is 0.306 bits per heavy atom. The average Bonchev–Trinajstić information content (AvgIpc) is 1.61. The third kappa shape index (κ3) is 22.0. The summed E-state index contributed by atoms with van der Waals surface area (Å²) in [4.78, 5) is 101. The summed E-state index contributed by atoms with van der Waals surface area (Å²) in [7, 11) is 0. The van der Waals surface area contributed by atoms with Gasteiger partial charge in [-0.3, -0.25) is 19.2 Å². The molecule has 0 radical (unpaired) electrons. The van der Waals surface area contributed by atoms with Crippen LogP contribution in [-0.2, 0) is 76.3 Å². The van der Waals surface area contributed by atoms with E-state index in [0.29, 0.717) is 189 Å². The third-order valence-corrected chi connectivity index (χ3v) is 20.6. The van der Waals surface area contributed by atoms with E-state index < -0.39 is 35.7 Å². The molecule has 6 aliphatic carbocycles. The van der Waals surface area contributed by atoms with E-state index >= 15 is 0 Å². The minimum atomic E-state index is -0.522. The molecule has 4 fully saturated rings. The number of ether oxygens (including phenoxy) is 12. The van der Waals surface area contributed by atoms with E-state index in [4.69, 9.17) is 56.8 Å². The van der Waals surface area contributed by atoms with Crippen LogP contribution < -0.4 is 18.9 Å². The molecule has 108 heavy (non-hydrogen) atoms. The second-order valence-electron chi connectivity index (χ2n) is 27.9. The third-order valence-electron chi connectivity index (χ3n) is 20.6. The Hall–Kier alpha value is -10.2. The van der Waals surface area contributed by atoms with Crippen molar-refractivity contribution in [1.82, 2.24) is 0 Å². The summed E-state index contributed by atoms with van der Waals surface area (Å²) >= 11 is 0. The Morgan fingerprint density at radius 2 is 0.528 bits per heavy atom. The smallest absolute Gasteiger partial charge is 0.330 e. The van der Waals surface area contributed by atoms with Crippen LogP contribution in [-0.4, -0.2) is 125 Å². The molecule has 0 amide bonds. The van der Waals surface area contributed by atoms with Gasteiger partial charge in [0.25, 0.3) is 0 Å². The van der Waals surface area contributed by atoms with Gasteiger partial charge in [0, 0.05) is 61.1 Å². The highest BCUT2D eigenvalue weighted by Gasteiger charge is 2.36. The summed E-state index contributed by atoms with van der Waals surface area (Å²) in [6.07, 6.45) is 17.0. The summed E-state index contributed by atoms with van der Waals surface area (Å²) in [5.74, 6) is 9.99. The van der Waals surface area contributed by atoms with Gasteiger partial charge in [0.2, 0.25) is 0 Å². The summed E-state index contributed by atoms with van der Waals surface area (Å²) in [6.45, 7) is 16.4. The molecule has 0 unspecified atom stereocenters. The van der Waals surface area contributed by atoms with Gasteiger partial charge in [-0.25, -0.2) is 19.2 Å². The quantitative estimate of drug-likeness (QED) is 0.00969. The van der Waals surface area contributed by atoms with Crippen molar-refractivity contribution >= 4 is 47.8 Å². The predicted octanol–water partition coefficient (Wildman–Crippen LogP) is 14.4. The largest absolute Gasteiger partial charge is 0.462 e. The van der Waals surface area contributed by atoms with Crippen LogP contribution in [0.3, 0.4) is 0 Å². The maximum Gasteiger partial charge on any atom is 0.330 e. The number of rotatable bonds is 32. The van der Waals surface area contributed by atoms with Gasteiger partial charge in [-0.1, -0.05) is 74.3 Å². The van der Waals surface area contributed by atoms with Gasteiger partial charge in [0.1, 0.15) is 23.0 Å². The first-order valence-electron chi connectivity index (χ1n) is 37.8. The van der Waals surface area contributed by atoms with Crippen molar-refractivity contribution in [3.8, 4) is 68.9 Å². The molecule has 20 nitrogen and oxygen atoms in total. The molecular weight excluding hydrogens is 1380 g/mol. The fraction of sp³-hybridized carbons (Fsp3) is 0.432. The van der Waals surface area contributed by atoms with Gasteiger partial charge in [-0.15, -0.1) is 0 Å². The molecule has 0 bridgehead atoms. The number of hydrogen-bond acceptors (Lipinski definition) is 20. The normalized spacial score (nSPS) is 21.4. The molecule has 4 saturated carbocycles. The van der Waals surface area contributed by atoms with E-state index in [1.807, 2.05) is 72.8 Å². The molecular formula is C88H94O20. The number of esters is 8. The van der Waals surface area contributed by atoms with Gasteiger partial charge >= 0.3 is 47.8 Å². The zero-order valence-corrected chi connectivity index (χ0v) is 61.1. The van der Waals surface area contributed by atoms with Crippen molar-refractivity contribution in [2.24, 2.45) is 23.7 Å². The van der Waals surface area contributed by atoms with E-state index in [2.05, 4.69) is 50.0 Å². The number of benzene rings is 5. The van der Waals surface area contributed by atoms with E-state index in [1.165, 1.54) is 0 Å². The standard InChI is InChI=1S/C88H94O20/c1-5-81(89)101-49-9-45-97-63-27-19-59(20-28-63)85(93)105-67-35-41-71-72-42-36-68(106-86(94)60-21-29-64(30-22-60)98-46-10-50-102-82(90)6-2)54-78(72)75(77(71)53-67)39-17-57-13-15-58(16-14-57)18-40-76-79-55-69(107-87(95)61-23-31-65(32-24-61)99-47-11-51-103-83(91)7-3)37-43-73(79)74-44-38-70(56-80(74)76)108-88(96)62-25-33-66(34-26-62)100-48-12-52-104-84(92)8-4/h5-8,13-16,35-38,41-44,53-56,59-66,75-76H,1-4,9-12,19-34,45-52H2. The average molecular weight is 1470 g/mol. The topological polar surface area (TPSA) is 247 Å². The Labute approximate surface area is 631 Å². The lowest BCUT2D eigenvalue weighted by Gasteiger charge is -2.27. The highest BCUT2D eigenvalue weighted by atomic mass is 16.6. The Balaban J connectivity index is 0.791. The van der Waals surface area contributed by atoms with Gasteiger partial charge < -0.3 is 56.8 Å². The van der Waals surface area contributed by atoms with Crippen LogP contribution in [0.4, 0.5) is 0 Å². The first-order chi connectivity index (χ1) is 52.6. The Morgan fingerprint density at radius 3 is 0.741 bits per heavy atom. The second kappa shape index (κ2) is 39.6. The van der Waals surface area contributed by atoms with E-state index in [9.17, 15) is 38.4 Å². The van der Waals surface area contributed by atoms with Crippen LogP contribution in [0, 0.1) is 47.4 Å². The fourth-order valence-corrected chi connectivity index (χ4v) is 14.8. The van der Waals surface area contributed by atoms with E-state index in [1.54, 1.807) is 24.3 Å². The van der Waals surface area contributed by atoms with Gasteiger partial charge in [-0.05, 0) is 220 Å². The van der Waals surface area contributed by atoms with Crippen LogP contribution in [0.1, 0.15) is 174 Å². The molecule has 0 aliphatic heterocycles.